The van der Waals surface area contributed by atoms with Crippen molar-refractivity contribution in [2.45, 2.75) is 63.7 Å². The van der Waals surface area contributed by atoms with Crippen LogP contribution in [0.2, 0.25) is 0 Å². The Morgan fingerprint density at radius 2 is 1.03 bits per heavy atom. The molecule has 6 nitrogen and oxygen atoms in total. The van der Waals surface area contributed by atoms with E-state index in [1.165, 1.54) is 40.3 Å². The van der Waals surface area contributed by atoms with Gasteiger partial charge in [-0.15, -0.1) is 0 Å². The molecule has 2 aliphatic heterocycles. The van der Waals surface area contributed by atoms with E-state index in [-0.39, 0.29) is 0 Å². The van der Waals surface area contributed by atoms with E-state index in [4.69, 9.17) is 0 Å². The number of nitrogens with zero attached hydrogens (tertiary/aromatic N) is 2. The summed E-state index contributed by atoms with van der Waals surface area (Å²) in [5.41, 5.74) is 6.90. The third kappa shape index (κ3) is 4.44. The SMILES string of the molecule is CC1CCC(c2ncc(-c3ccc(-c4ccc5cc(-c6cnc([C@@H]7CC[C@H](C)N7)[nH]6)ccc5c4)cc3)[nH]2)N1. The topological polar surface area (TPSA) is 81.4 Å². The fourth-order valence-electron chi connectivity index (χ4n) is 6.04. The van der Waals surface area contributed by atoms with Gasteiger partial charge in [-0.2, -0.15) is 0 Å². The number of hydrogen-bond donors (Lipinski definition) is 4. The Morgan fingerprint density at radius 1 is 0.553 bits per heavy atom. The third-order valence-corrected chi connectivity index (χ3v) is 8.28. The molecule has 2 fully saturated rings. The van der Waals surface area contributed by atoms with Gasteiger partial charge in [0.15, 0.2) is 0 Å². The highest BCUT2D eigenvalue weighted by molar-refractivity contribution is 5.90. The Bertz CT molecular complexity index is 1580. The summed E-state index contributed by atoms with van der Waals surface area (Å²) >= 11 is 0. The van der Waals surface area contributed by atoms with E-state index in [1.807, 2.05) is 12.4 Å². The lowest BCUT2D eigenvalue weighted by molar-refractivity contribution is 0.564. The molecule has 4 atom stereocenters. The Kier molecular flexibility index (Phi) is 5.87. The first kappa shape index (κ1) is 23.4. The number of aromatic amines is 2. The van der Waals surface area contributed by atoms with Gasteiger partial charge in [-0.05, 0) is 79.1 Å². The third-order valence-electron chi connectivity index (χ3n) is 8.28. The van der Waals surface area contributed by atoms with Crippen molar-refractivity contribution in [2.24, 2.45) is 0 Å². The van der Waals surface area contributed by atoms with Crippen LogP contribution in [0.25, 0.3) is 44.4 Å². The standard InChI is InChI=1S/C32H34N6/c1-19-3-13-27(35-19)31-33-17-29(37-31)22-7-5-21(6-8-22)23-9-10-25-16-26(12-11-24(25)15-23)30-18-34-32(38-30)28-14-4-20(2)36-28/h5-12,15-20,27-28,35-36H,3-4,13-14H2,1-2H3,(H,33,37)(H,34,38)/t19?,20-,27?,28-/m0/s1. The summed E-state index contributed by atoms with van der Waals surface area (Å²) in [6, 6.07) is 23.9. The van der Waals surface area contributed by atoms with Gasteiger partial charge in [-0.1, -0.05) is 48.5 Å². The smallest absolute Gasteiger partial charge is 0.123 e. The fourth-order valence-corrected chi connectivity index (χ4v) is 6.04. The van der Waals surface area contributed by atoms with Gasteiger partial charge in [0.05, 0.1) is 35.9 Å². The van der Waals surface area contributed by atoms with Gasteiger partial charge in [0.25, 0.3) is 0 Å². The van der Waals surface area contributed by atoms with E-state index >= 15 is 0 Å². The Morgan fingerprint density at radius 3 is 1.58 bits per heavy atom. The molecule has 3 aromatic carbocycles. The summed E-state index contributed by atoms with van der Waals surface area (Å²) < 4.78 is 0. The van der Waals surface area contributed by atoms with Crippen molar-refractivity contribution < 1.29 is 0 Å². The second-order valence-corrected chi connectivity index (χ2v) is 11.1. The van der Waals surface area contributed by atoms with Gasteiger partial charge in [0.2, 0.25) is 0 Å². The largest absolute Gasteiger partial charge is 0.341 e. The molecule has 2 aromatic heterocycles. The van der Waals surface area contributed by atoms with Gasteiger partial charge in [-0.3, -0.25) is 0 Å². The fraction of sp³-hybridized carbons (Fsp3) is 0.312. The van der Waals surface area contributed by atoms with Crippen molar-refractivity contribution in [3.8, 4) is 33.6 Å². The number of rotatable bonds is 5. The van der Waals surface area contributed by atoms with Crippen molar-refractivity contribution in [3.63, 3.8) is 0 Å². The van der Waals surface area contributed by atoms with Crippen LogP contribution in [0, 0.1) is 0 Å². The molecule has 2 aliphatic rings. The lowest BCUT2D eigenvalue weighted by Gasteiger charge is -2.09. The minimum atomic E-state index is 0.330. The molecular formula is C32H34N6. The summed E-state index contributed by atoms with van der Waals surface area (Å²) in [7, 11) is 0. The quantitative estimate of drug-likeness (QED) is 0.210. The summed E-state index contributed by atoms with van der Waals surface area (Å²) in [5, 5.41) is 9.68. The highest BCUT2D eigenvalue weighted by atomic mass is 15.1. The predicted molar refractivity (Wildman–Crippen MR) is 154 cm³/mol. The Labute approximate surface area is 223 Å². The molecule has 192 valence electrons. The van der Waals surface area contributed by atoms with Crippen molar-refractivity contribution >= 4 is 10.8 Å². The zero-order chi connectivity index (χ0) is 25.6. The minimum Gasteiger partial charge on any atom is -0.341 e. The number of fused-ring (bicyclic) bond motifs is 1. The molecule has 2 unspecified atom stereocenters. The lowest BCUT2D eigenvalue weighted by atomic mass is 9.98. The molecule has 0 aliphatic carbocycles. The number of benzene rings is 3. The summed E-state index contributed by atoms with van der Waals surface area (Å²) in [5.74, 6) is 2.08. The van der Waals surface area contributed by atoms with Crippen LogP contribution < -0.4 is 10.6 Å². The molecule has 0 saturated carbocycles. The molecule has 7 rings (SSSR count). The number of aromatic nitrogens is 4. The van der Waals surface area contributed by atoms with Crippen molar-refractivity contribution in [2.75, 3.05) is 0 Å². The average Bonchev–Trinajstić information content (AvgIpc) is 3.75. The zero-order valence-electron chi connectivity index (χ0n) is 22.0. The van der Waals surface area contributed by atoms with Crippen LogP contribution in [0.1, 0.15) is 63.3 Å². The van der Waals surface area contributed by atoms with E-state index in [2.05, 4.69) is 105 Å². The van der Waals surface area contributed by atoms with Crippen LogP contribution in [0.5, 0.6) is 0 Å². The summed E-state index contributed by atoms with van der Waals surface area (Å²) in [4.78, 5) is 16.4. The van der Waals surface area contributed by atoms with Gasteiger partial charge < -0.3 is 20.6 Å². The van der Waals surface area contributed by atoms with Crippen LogP contribution in [0.4, 0.5) is 0 Å². The predicted octanol–water partition coefficient (Wildman–Crippen LogP) is 6.91. The van der Waals surface area contributed by atoms with Crippen molar-refractivity contribution in [1.29, 1.82) is 0 Å². The molecule has 0 amide bonds. The van der Waals surface area contributed by atoms with Gasteiger partial charge >= 0.3 is 0 Å². The zero-order valence-corrected chi connectivity index (χ0v) is 22.0. The van der Waals surface area contributed by atoms with Crippen LogP contribution in [0.3, 0.4) is 0 Å². The molecule has 38 heavy (non-hydrogen) atoms. The average molecular weight is 503 g/mol. The first-order chi connectivity index (χ1) is 18.6. The van der Waals surface area contributed by atoms with Gasteiger partial charge in [0, 0.05) is 17.6 Å². The van der Waals surface area contributed by atoms with Gasteiger partial charge in [0.1, 0.15) is 11.6 Å². The monoisotopic (exact) mass is 502 g/mol. The molecule has 4 heterocycles. The maximum absolute atomic E-state index is 4.67. The van der Waals surface area contributed by atoms with E-state index in [0.29, 0.717) is 24.2 Å². The summed E-state index contributed by atoms with van der Waals surface area (Å²) in [6.45, 7) is 4.47. The minimum absolute atomic E-state index is 0.330. The maximum atomic E-state index is 4.67. The van der Waals surface area contributed by atoms with E-state index in [1.54, 1.807) is 0 Å². The number of imidazole rings is 2. The normalized spacial score (nSPS) is 23.4. The van der Waals surface area contributed by atoms with Crippen LogP contribution >= 0.6 is 0 Å². The summed E-state index contributed by atoms with van der Waals surface area (Å²) in [6.07, 6.45) is 8.58. The van der Waals surface area contributed by atoms with Crippen LogP contribution in [-0.2, 0) is 0 Å². The van der Waals surface area contributed by atoms with E-state index in [0.717, 1.165) is 41.4 Å². The van der Waals surface area contributed by atoms with Gasteiger partial charge in [-0.25, -0.2) is 9.97 Å². The van der Waals surface area contributed by atoms with Crippen LogP contribution in [-0.4, -0.2) is 32.0 Å². The molecule has 0 spiro atoms. The second kappa shape index (κ2) is 9.53. The second-order valence-electron chi connectivity index (χ2n) is 11.1. The highest BCUT2D eigenvalue weighted by Gasteiger charge is 2.25. The molecule has 5 aromatic rings. The highest BCUT2D eigenvalue weighted by Crippen LogP contribution is 2.32. The van der Waals surface area contributed by atoms with E-state index < -0.39 is 0 Å². The number of nitrogens with one attached hydrogen (secondary N) is 4. The number of hydrogen-bond acceptors (Lipinski definition) is 4. The molecular weight excluding hydrogens is 468 g/mol. The Balaban J connectivity index is 1.09. The Hall–Kier alpha value is -3.74. The maximum Gasteiger partial charge on any atom is 0.123 e. The first-order valence-corrected chi connectivity index (χ1v) is 13.9. The van der Waals surface area contributed by atoms with Crippen molar-refractivity contribution in [1.82, 2.24) is 30.6 Å². The molecule has 0 radical (unpaired) electrons. The molecule has 0 bridgehead atoms. The van der Waals surface area contributed by atoms with E-state index in [9.17, 15) is 0 Å². The van der Waals surface area contributed by atoms with Crippen LogP contribution in [0.15, 0.2) is 73.1 Å². The lowest BCUT2D eigenvalue weighted by Crippen LogP contribution is -2.21. The molecule has 2 saturated heterocycles. The molecule has 4 N–H and O–H groups in total. The molecule has 6 heteroatoms. The first-order valence-electron chi connectivity index (χ1n) is 13.9. The number of H-pyrrole nitrogens is 2. The van der Waals surface area contributed by atoms with Crippen molar-refractivity contribution in [3.05, 3.63) is 84.7 Å².